The zero-order valence-corrected chi connectivity index (χ0v) is 29.9. The zero-order valence-electron chi connectivity index (χ0n) is 29.9. The Labute approximate surface area is 317 Å². The Balaban J connectivity index is 1.06. The van der Waals surface area contributed by atoms with Gasteiger partial charge in [-0.25, -0.2) is 0 Å². The van der Waals surface area contributed by atoms with Gasteiger partial charge in [-0.05, 0) is 123 Å². The van der Waals surface area contributed by atoms with E-state index in [9.17, 15) is 0 Å². The number of rotatable bonds is 3. The molecular weight excluding hydrogens is 665 g/mol. The van der Waals surface area contributed by atoms with Crippen LogP contribution < -0.4 is 0 Å². The minimum Gasteiger partial charge on any atom is -0.455 e. The third kappa shape index (κ3) is 4.48. The summed E-state index contributed by atoms with van der Waals surface area (Å²) in [6.45, 7) is 0. The molecule has 1 aromatic heterocycles. The van der Waals surface area contributed by atoms with Crippen molar-refractivity contribution in [2.75, 3.05) is 0 Å². The average Bonchev–Trinajstić information content (AvgIpc) is 3.65. The predicted octanol–water partition coefficient (Wildman–Crippen LogP) is 15.5. The van der Waals surface area contributed by atoms with E-state index in [0.29, 0.717) is 0 Å². The first kappa shape index (κ1) is 30.3. The quantitative estimate of drug-likeness (QED) is 0.168. The second kappa shape index (κ2) is 11.6. The molecule has 0 atom stereocenters. The zero-order chi connectivity index (χ0) is 36.0. The van der Waals surface area contributed by atoms with E-state index in [4.69, 9.17) is 4.42 Å². The molecular formula is C54H32O. The normalized spacial score (nSPS) is 12.0. The van der Waals surface area contributed by atoms with Crippen LogP contribution in [0.25, 0.3) is 120 Å². The van der Waals surface area contributed by atoms with E-state index in [-0.39, 0.29) is 0 Å². The van der Waals surface area contributed by atoms with Crippen molar-refractivity contribution >= 4 is 86.6 Å². The van der Waals surface area contributed by atoms with Gasteiger partial charge in [0.05, 0.1) is 0 Å². The third-order valence-corrected chi connectivity index (χ3v) is 11.8. The van der Waals surface area contributed by atoms with Crippen LogP contribution in [0.3, 0.4) is 0 Å². The number of furan rings is 1. The van der Waals surface area contributed by atoms with Crippen LogP contribution >= 0.6 is 0 Å². The molecule has 55 heavy (non-hydrogen) atoms. The van der Waals surface area contributed by atoms with Crippen molar-refractivity contribution in [3.05, 3.63) is 194 Å². The molecule has 0 amide bonds. The monoisotopic (exact) mass is 696 g/mol. The van der Waals surface area contributed by atoms with E-state index in [1.165, 1.54) is 98.0 Å². The molecule has 0 N–H and O–H groups in total. The Kier molecular flexibility index (Phi) is 6.40. The van der Waals surface area contributed by atoms with E-state index in [0.717, 1.165) is 21.9 Å². The summed E-state index contributed by atoms with van der Waals surface area (Å²) in [5.74, 6) is 0. The second-order valence-electron chi connectivity index (χ2n) is 14.7. The molecule has 0 saturated heterocycles. The summed E-state index contributed by atoms with van der Waals surface area (Å²) in [5.41, 5.74) is 9.33. The fourth-order valence-corrected chi connectivity index (χ4v) is 9.34. The molecule has 0 unspecified atom stereocenters. The maximum atomic E-state index is 6.58. The Morgan fingerprint density at radius 2 is 0.782 bits per heavy atom. The van der Waals surface area contributed by atoms with E-state index < -0.39 is 0 Å². The van der Waals surface area contributed by atoms with E-state index >= 15 is 0 Å². The van der Waals surface area contributed by atoms with Crippen molar-refractivity contribution in [2.24, 2.45) is 0 Å². The summed E-state index contributed by atoms with van der Waals surface area (Å²) >= 11 is 0. The molecule has 0 radical (unpaired) electrons. The lowest BCUT2D eigenvalue weighted by molar-refractivity contribution is 0.673. The minimum atomic E-state index is 0.928. The van der Waals surface area contributed by atoms with Gasteiger partial charge in [0.25, 0.3) is 0 Å². The molecule has 0 bridgehead atoms. The van der Waals surface area contributed by atoms with Gasteiger partial charge in [0, 0.05) is 16.2 Å². The Hall–Kier alpha value is -7.22. The van der Waals surface area contributed by atoms with Gasteiger partial charge in [-0.1, -0.05) is 164 Å². The van der Waals surface area contributed by atoms with Crippen molar-refractivity contribution in [1.29, 1.82) is 0 Å². The average molecular weight is 697 g/mol. The largest absolute Gasteiger partial charge is 0.455 e. The van der Waals surface area contributed by atoms with Gasteiger partial charge in [-0.15, -0.1) is 0 Å². The highest BCUT2D eigenvalue weighted by Crippen LogP contribution is 2.47. The predicted molar refractivity (Wildman–Crippen MR) is 235 cm³/mol. The smallest absolute Gasteiger partial charge is 0.143 e. The number of fused-ring (bicyclic) bond motifs is 11. The van der Waals surface area contributed by atoms with E-state index in [1.807, 2.05) is 0 Å². The molecule has 0 aliphatic carbocycles. The van der Waals surface area contributed by atoms with Gasteiger partial charge in [0.2, 0.25) is 0 Å². The minimum absolute atomic E-state index is 0.928. The topological polar surface area (TPSA) is 13.1 Å². The summed E-state index contributed by atoms with van der Waals surface area (Å²) in [7, 11) is 0. The Morgan fingerprint density at radius 3 is 1.53 bits per heavy atom. The summed E-state index contributed by atoms with van der Waals surface area (Å²) in [6.07, 6.45) is 0. The lowest BCUT2D eigenvalue weighted by Crippen LogP contribution is -1.92. The lowest BCUT2D eigenvalue weighted by atomic mass is 9.83. The van der Waals surface area contributed by atoms with Crippen LogP contribution in [0, 0.1) is 0 Å². The molecule has 254 valence electrons. The van der Waals surface area contributed by atoms with Gasteiger partial charge in [0.1, 0.15) is 11.2 Å². The Morgan fingerprint density at radius 1 is 0.273 bits per heavy atom. The van der Waals surface area contributed by atoms with Crippen LogP contribution in [0.5, 0.6) is 0 Å². The van der Waals surface area contributed by atoms with Crippen molar-refractivity contribution in [2.45, 2.75) is 0 Å². The highest BCUT2D eigenvalue weighted by molar-refractivity contribution is 6.25. The number of hydrogen-bond acceptors (Lipinski definition) is 1. The third-order valence-electron chi connectivity index (χ3n) is 11.8. The molecule has 12 rings (SSSR count). The number of hydrogen-bond donors (Lipinski definition) is 0. The van der Waals surface area contributed by atoms with Crippen LogP contribution in [0.2, 0.25) is 0 Å². The SMILES string of the molecule is c1ccc2cc(-c3c4ccccc4c(-c4ccc(-c5ccc6c(ccc7c6oc6ccc8ccccc8c67)c5)c5ccccc45)c4ccccc34)ccc2c1. The fourth-order valence-electron chi connectivity index (χ4n) is 9.34. The van der Waals surface area contributed by atoms with Gasteiger partial charge in [-0.3, -0.25) is 0 Å². The highest BCUT2D eigenvalue weighted by atomic mass is 16.3. The van der Waals surface area contributed by atoms with Crippen LogP contribution in [-0.4, -0.2) is 0 Å². The first-order chi connectivity index (χ1) is 27.3. The standard InChI is InChI=1S/C54H32O/c1-2-13-35-31-38(22-21-33(35)11-1)51-44-17-7-9-19-46(44)52(47-20-10-8-18-45(47)51)48-29-28-39(42-15-5-6-16-43(42)48)36-23-26-41-37(32-36)24-27-49-53-40-14-4-3-12-34(40)25-30-50(53)55-54(41)49/h1-32H. The summed E-state index contributed by atoms with van der Waals surface area (Å²) in [6, 6.07) is 71.1. The van der Waals surface area contributed by atoms with E-state index in [1.54, 1.807) is 0 Å². The van der Waals surface area contributed by atoms with Gasteiger partial charge in [0.15, 0.2) is 0 Å². The van der Waals surface area contributed by atoms with Gasteiger partial charge >= 0.3 is 0 Å². The molecule has 1 nitrogen and oxygen atoms in total. The first-order valence-electron chi connectivity index (χ1n) is 19.0. The molecule has 0 fully saturated rings. The highest BCUT2D eigenvalue weighted by Gasteiger charge is 2.20. The number of benzene rings is 11. The maximum Gasteiger partial charge on any atom is 0.143 e. The van der Waals surface area contributed by atoms with Crippen LogP contribution in [-0.2, 0) is 0 Å². The van der Waals surface area contributed by atoms with Crippen LogP contribution in [0.15, 0.2) is 199 Å². The van der Waals surface area contributed by atoms with Gasteiger partial charge in [-0.2, -0.15) is 0 Å². The molecule has 11 aromatic carbocycles. The molecule has 0 aliphatic heterocycles. The molecule has 0 aliphatic rings. The fraction of sp³-hybridized carbons (Fsp3) is 0. The summed E-state index contributed by atoms with van der Waals surface area (Å²) in [5, 5.41) is 17.1. The van der Waals surface area contributed by atoms with Crippen molar-refractivity contribution in [3.8, 4) is 33.4 Å². The summed E-state index contributed by atoms with van der Waals surface area (Å²) < 4.78 is 6.58. The van der Waals surface area contributed by atoms with Crippen molar-refractivity contribution < 1.29 is 4.42 Å². The molecule has 0 spiro atoms. The van der Waals surface area contributed by atoms with Crippen molar-refractivity contribution in [3.63, 3.8) is 0 Å². The Bertz CT molecular complexity index is 3490. The van der Waals surface area contributed by atoms with Crippen LogP contribution in [0.4, 0.5) is 0 Å². The summed E-state index contributed by atoms with van der Waals surface area (Å²) in [4.78, 5) is 0. The molecule has 0 saturated carbocycles. The van der Waals surface area contributed by atoms with Gasteiger partial charge < -0.3 is 4.42 Å². The molecule has 1 heterocycles. The molecule has 1 heteroatoms. The van der Waals surface area contributed by atoms with E-state index in [2.05, 4.69) is 194 Å². The molecule has 12 aromatic rings. The maximum absolute atomic E-state index is 6.58. The van der Waals surface area contributed by atoms with Crippen LogP contribution in [0.1, 0.15) is 0 Å². The van der Waals surface area contributed by atoms with Crippen molar-refractivity contribution in [1.82, 2.24) is 0 Å². The second-order valence-corrected chi connectivity index (χ2v) is 14.7. The first-order valence-corrected chi connectivity index (χ1v) is 19.0. The lowest BCUT2D eigenvalue weighted by Gasteiger charge is -2.20.